The van der Waals surface area contributed by atoms with Gasteiger partial charge in [0.2, 0.25) is 5.95 Å². The monoisotopic (exact) mass is 592 g/mol. The molecule has 212 valence electrons. The summed E-state index contributed by atoms with van der Waals surface area (Å²) in [5.41, 5.74) is 2.75. The molecule has 0 aliphatic carbocycles. The number of phenols is 1. The molecule has 1 saturated heterocycles. The molecule has 3 aromatic rings. The van der Waals surface area contributed by atoms with Gasteiger partial charge in [0.1, 0.15) is 18.3 Å². The number of nitrogens with one attached hydrogen (secondary N) is 2. The lowest BCUT2D eigenvalue weighted by Crippen LogP contribution is -2.53. The van der Waals surface area contributed by atoms with Crippen molar-refractivity contribution in [1.82, 2.24) is 19.8 Å². The van der Waals surface area contributed by atoms with Crippen LogP contribution in [0.3, 0.4) is 0 Å². The maximum Gasteiger partial charge on any atom is 0.264 e. The highest BCUT2D eigenvalue weighted by Crippen LogP contribution is 2.44. The Hall–Kier alpha value is -4.30. The zero-order valence-electron chi connectivity index (χ0n) is 22.1. The second-order valence-electron chi connectivity index (χ2n) is 9.80. The fraction of sp³-hybridized carbons (Fsp3) is 0.296. The molecule has 3 aliphatic heterocycles. The van der Waals surface area contributed by atoms with Crippen molar-refractivity contribution in [1.29, 1.82) is 0 Å². The van der Waals surface area contributed by atoms with Crippen molar-refractivity contribution in [3.63, 3.8) is 0 Å². The van der Waals surface area contributed by atoms with Gasteiger partial charge in [-0.25, -0.2) is 33.1 Å². The average Bonchev–Trinajstić information content (AvgIpc) is 3.35. The number of methoxy groups -OCH3 is 1. The van der Waals surface area contributed by atoms with Gasteiger partial charge in [-0.3, -0.25) is 0 Å². The van der Waals surface area contributed by atoms with E-state index in [1.165, 1.54) is 19.5 Å². The second kappa shape index (κ2) is 10.9. The first kappa shape index (κ1) is 26.9. The third-order valence-corrected chi connectivity index (χ3v) is 9.08. The second-order valence-corrected chi connectivity index (χ2v) is 12.0. The highest BCUT2D eigenvalue weighted by molar-refractivity contribution is 7.92. The molecule has 2 atom stereocenters. The Morgan fingerprint density at radius 2 is 1.88 bits per heavy atom. The van der Waals surface area contributed by atoms with Crippen LogP contribution in [0.1, 0.15) is 17.0 Å². The number of aromatic hydroxyl groups is 1. The number of thiocarbonyl (C=S) groups is 1. The van der Waals surface area contributed by atoms with E-state index in [0.717, 1.165) is 53.8 Å². The molecule has 1 fully saturated rings. The predicted octanol–water partition coefficient (Wildman–Crippen LogP) is 2.45. The molecule has 6 rings (SSSR count). The van der Waals surface area contributed by atoms with Crippen molar-refractivity contribution in [3.05, 3.63) is 66.0 Å². The molecule has 3 N–H and O–H groups in total. The van der Waals surface area contributed by atoms with Gasteiger partial charge in [-0.1, -0.05) is 24.4 Å². The number of rotatable bonds is 6. The smallest absolute Gasteiger partial charge is 0.264 e. The van der Waals surface area contributed by atoms with Crippen LogP contribution in [0.25, 0.3) is 0 Å². The Labute approximate surface area is 242 Å². The fourth-order valence-electron chi connectivity index (χ4n) is 5.26. The van der Waals surface area contributed by atoms with Gasteiger partial charge in [0, 0.05) is 56.7 Å². The molecule has 0 amide bonds. The van der Waals surface area contributed by atoms with Gasteiger partial charge in [0.25, 0.3) is 10.0 Å². The molecule has 41 heavy (non-hydrogen) atoms. The van der Waals surface area contributed by atoms with E-state index in [9.17, 15) is 13.5 Å². The first-order valence-corrected chi connectivity index (χ1v) is 14.9. The summed E-state index contributed by atoms with van der Waals surface area (Å²) in [6.45, 7) is 2.93. The number of piperazine rings is 1. The first-order valence-electron chi connectivity index (χ1n) is 13.0. The van der Waals surface area contributed by atoms with Crippen LogP contribution >= 0.6 is 12.2 Å². The number of fused-ring (bicyclic) bond motifs is 3. The van der Waals surface area contributed by atoms with Gasteiger partial charge >= 0.3 is 0 Å². The third-order valence-electron chi connectivity index (χ3n) is 7.34. The Morgan fingerprint density at radius 3 is 2.59 bits per heavy atom. The van der Waals surface area contributed by atoms with Crippen LogP contribution in [0.15, 0.2) is 69.7 Å². The Bertz CT molecular complexity index is 1620. The molecule has 0 saturated carbocycles. The van der Waals surface area contributed by atoms with Gasteiger partial charge in [-0.05, 0) is 35.4 Å². The van der Waals surface area contributed by atoms with E-state index in [-0.39, 0.29) is 28.7 Å². The normalized spacial score (nSPS) is 19.6. The van der Waals surface area contributed by atoms with Crippen molar-refractivity contribution < 1.29 is 18.3 Å². The van der Waals surface area contributed by atoms with Gasteiger partial charge in [-0.2, -0.15) is 0 Å². The van der Waals surface area contributed by atoms with E-state index in [2.05, 4.69) is 39.8 Å². The molecule has 3 aliphatic rings. The fourth-order valence-corrected chi connectivity index (χ4v) is 6.57. The summed E-state index contributed by atoms with van der Waals surface area (Å²) in [5.74, 6) is 1.32. The quantitative estimate of drug-likeness (QED) is 0.288. The lowest BCUT2D eigenvalue weighted by atomic mass is 9.95. The maximum atomic E-state index is 12.7. The minimum Gasteiger partial charge on any atom is -0.504 e. The van der Waals surface area contributed by atoms with Crippen LogP contribution in [-0.4, -0.2) is 89.9 Å². The Kier molecular flexibility index (Phi) is 7.17. The number of nitrogens with zero attached hydrogens (tertiary/aromatic N) is 6. The number of hydrogen-bond donors (Lipinski definition) is 3. The van der Waals surface area contributed by atoms with Crippen LogP contribution in [0.4, 0.5) is 11.6 Å². The number of sulfonamides is 1. The average molecular weight is 593 g/mol. The topological polar surface area (TPSA) is 145 Å². The molecular weight excluding hydrogens is 564 g/mol. The zero-order valence-corrected chi connectivity index (χ0v) is 23.8. The lowest BCUT2D eigenvalue weighted by molar-refractivity contribution is 0.253. The summed E-state index contributed by atoms with van der Waals surface area (Å²) >= 11 is 5.77. The van der Waals surface area contributed by atoms with Gasteiger partial charge in [0.05, 0.1) is 22.9 Å². The molecule has 0 spiro atoms. The lowest BCUT2D eigenvalue weighted by Gasteiger charge is -2.40. The van der Waals surface area contributed by atoms with Crippen LogP contribution in [-0.2, 0) is 16.4 Å². The minimum atomic E-state index is -3.80. The summed E-state index contributed by atoms with van der Waals surface area (Å²) in [4.78, 5) is 22.3. The largest absolute Gasteiger partial charge is 0.504 e. The molecule has 0 radical (unpaired) electrons. The maximum absolute atomic E-state index is 12.7. The standard InChI is InChI=1S/C27H28N8O4S2/c1-39-22-15-20-19(14-21(22)36)24-25(32-20)30-16-31-26(24)35-11-9-34(10-12-35)23(40)13-17-3-5-18(6-4-17)41(37,38)33-27-28-7-2-8-29-27/h2-8,14-16,24-25,32,36H,9-13H2,1H3,(H,28,29,33). The molecule has 2 aromatic carbocycles. The van der Waals surface area contributed by atoms with Crippen LogP contribution in [0, 0.1) is 0 Å². The highest BCUT2D eigenvalue weighted by Gasteiger charge is 2.41. The number of ether oxygens (including phenoxy) is 1. The molecule has 1 aromatic heterocycles. The van der Waals surface area contributed by atoms with E-state index in [4.69, 9.17) is 17.0 Å². The number of anilines is 2. The number of benzene rings is 2. The van der Waals surface area contributed by atoms with Crippen molar-refractivity contribution in [2.75, 3.05) is 43.3 Å². The molecule has 4 heterocycles. The number of phenolic OH excluding ortho intramolecular Hbond substituents is 1. The van der Waals surface area contributed by atoms with Gasteiger partial charge in [-0.15, -0.1) is 0 Å². The van der Waals surface area contributed by atoms with Crippen LogP contribution in [0.2, 0.25) is 0 Å². The number of aliphatic imine (C=N–C) groups is 2. The molecular formula is C27H28N8O4S2. The summed E-state index contributed by atoms with van der Waals surface area (Å²) in [6, 6.07) is 11.8. The zero-order chi connectivity index (χ0) is 28.6. The van der Waals surface area contributed by atoms with Gasteiger partial charge in [0.15, 0.2) is 11.5 Å². The predicted molar refractivity (Wildman–Crippen MR) is 159 cm³/mol. The number of hydrogen-bond acceptors (Lipinski definition) is 11. The Balaban J connectivity index is 1.07. The Morgan fingerprint density at radius 1 is 1.15 bits per heavy atom. The summed E-state index contributed by atoms with van der Waals surface area (Å²) in [7, 11) is -2.27. The molecule has 14 heteroatoms. The molecule has 2 unspecified atom stereocenters. The summed E-state index contributed by atoms with van der Waals surface area (Å²) in [5, 5.41) is 13.8. The van der Waals surface area contributed by atoms with E-state index < -0.39 is 10.0 Å². The SMILES string of the molecule is COc1cc2c(cc1O)C1C(N3CCN(C(=S)Cc4ccc(S(=O)(=O)Nc5ncccn5)cc4)CC3)=NC=NC1N2. The third kappa shape index (κ3) is 5.39. The van der Waals surface area contributed by atoms with Crippen molar-refractivity contribution in [2.45, 2.75) is 23.4 Å². The molecule has 0 bridgehead atoms. The molecule has 12 nitrogen and oxygen atoms in total. The first-order chi connectivity index (χ1) is 19.8. The van der Waals surface area contributed by atoms with Crippen LogP contribution in [0.5, 0.6) is 11.5 Å². The minimum absolute atomic E-state index is 0.0191. The van der Waals surface area contributed by atoms with E-state index in [1.54, 1.807) is 48.8 Å². The highest BCUT2D eigenvalue weighted by atomic mass is 32.2. The van der Waals surface area contributed by atoms with Gasteiger partial charge < -0.3 is 25.0 Å². The summed E-state index contributed by atoms with van der Waals surface area (Å²) in [6.07, 6.45) is 4.87. The van der Waals surface area contributed by atoms with E-state index in [1.807, 2.05) is 0 Å². The number of amidine groups is 1. The van der Waals surface area contributed by atoms with Crippen molar-refractivity contribution in [3.8, 4) is 11.5 Å². The van der Waals surface area contributed by atoms with Crippen LogP contribution < -0.4 is 14.8 Å². The van der Waals surface area contributed by atoms with E-state index in [0.29, 0.717) is 12.2 Å². The summed E-state index contributed by atoms with van der Waals surface area (Å²) < 4.78 is 33.0. The van der Waals surface area contributed by atoms with E-state index >= 15 is 0 Å². The van der Waals surface area contributed by atoms with Crippen molar-refractivity contribution in [2.24, 2.45) is 9.98 Å². The van der Waals surface area contributed by atoms with Crippen molar-refractivity contribution >= 4 is 51.0 Å². The number of aromatic nitrogens is 2.